The largest absolute Gasteiger partial charge is 0.361 e. The molecule has 160 valence electrons. The minimum atomic E-state index is -0.219. The zero-order valence-electron chi connectivity index (χ0n) is 17.1. The molecule has 0 atom stereocenters. The summed E-state index contributed by atoms with van der Waals surface area (Å²) in [7, 11) is 0. The van der Waals surface area contributed by atoms with Gasteiger partial charge in [-0.15, -0.1) is 24.0 Å². The number of aromatic nitrogens is 2. The molecule has 3 heterocycles. The molecule has 0 bridgehead atoms. The molecule has 30 heavy (non-hydrogen) atoms. The minimum Gasteiger partial charge on any atom is -0.361 e. The molecular formula is C22H28FIN6. The van der Waals surface area contributed by atoms with Crippen LogP contribution < -0.4 is 10.2 Å². The lowest BCUT2D eigenvalue weighted by molar-refractivity contribution is 0.371. The molecule has 1 aliphatic rings. The molecule has 1 aliphatic heterocycles. The van der Waals surface area contributed by atoms with Crippen molar-refractivity contribution in [2.75, 3.05) is 44.2 Å². The van der Waals surface area contributed by atoms with E-state index < -0.39 is 0 Å². The predicted octanol–water partition coefficient (Wildman–Crippen LogP) is 3.65. The van der Waals surface area contributed by atoms with Crippen LogP contribution in [-0.2, 0) is 6.42 Å². The van der Waals surface area contributed by atoms with E-state index in [1.165, 1.54) is 17.7 Å². The van der Waals surface area contributed by atoms with Crippen LogP contribution in [0.5, 0.6) is 0 Å². The number of guanidine groups is 1. The van der Waals surface area contributed by atoms with Crippen LogP contribution in [0.25, 0.3) is 10.9 Å². The number of aliphatic imine (C=N–C) groups is 1. The fourth-order valence-corrected chi connectivity index (χ4v) is 3.76. The van der Waals surface area contributed by atoms with E-state index in [1.807, 2.05) is 30.6 Å². The lowest BCUT2D eigenvalue weighted by Gasteiger charge is -2.37. The Labute approximate surface area is 193 Å². The third kappa shape index (κ3) is 5.21. The maximum Gasteiger partial charge on any atom is 0.194 e. The van der Waals surface area contributed by atoms with Gasteiger partial charge < -0.3 is 20.1 Å². The number of anilines is 1. The fraction of sp³-hybridized carbons (Fsp3) is 0.364. The Hall–Kier alpha value is -2.36. The van der Waals surface area contributed by atoms with Crippen molar-refractivity contribution in [3.63, 3.8) is 0 Å². The highest BCUT2D eigenvalue weighted by atomic mass is 127. The summed E-state index contributed by atoms with van der Waals surface area (Å²) in [5, 5.41) is 4.48. The Balaban J connectivity index is 0.00000256. The van der Waals surface area contributed by atoms with E-state index in [1.54, 1.807) is 0 Å². The minimum absolute atomic E-state index is 0. The lowest BCUT2D eigenvalue weighted by atomic mass is 10.1. The van der Waals surface area contributed by atoms with Crippen molar-refractivity contribution in [1.82, 2.24) is 20.2 Å². The van der Waals surface area contributed by atoms with Crippen molar-refractivity contribution >= 4 is 46.7 Å². The second kappa shape index (κ2) is 10.6. The molecule has 1 aromatic carbocycles. The van der Waals surface area contributed by atoms with Crippen molar-refractivity contribution in [2.24, 2.45) is 4.99 Å². The standard InChI is InChI=1S/C22H27FN6.HI/c1-2-24-22(29-13-11-28(12-14-29)21-5-3-4-9-25-21)26-10-8-17-16-27-20-15-18(23)6-7-19(17)20;/h3-7,9,15-16,27H,2,8,10-14H2,1H3,(H,24,26);1H. The van der Waals surface area contributed by atoms with E-state index >= 15 is 0 Å². The average molecular weight is 522 g/mol. The van der Waals surface area contributed by atoms with Gasteiger partial charge in [0.05, 0.1) is 0 Å². The molecule has 1 saturated heterocycles. The van der Waals surface area contributed by atoms with Gasteiger partial charge in [0, 0.05) is 62.6 Å². The van der Waals surface area contributed by atoms with Crippen LogP contribution in [0.2, 0.25) is 0 Å². The molecule has 4 rings (SSSR count). The number of H-pyrrole nitrogens is 1. The summed E-state index contributed by atoms with van der Waals surface area (Å²) in [6.45, 7) is 7.29. The summed E-state index contributed by atoms with van der Waals surface area (Å²) in [6.07, 6.45) is 4.61. The molecule has 0 unspecified atom stereocenters. The molecule has 0 saturated carbocycles. The highest BCUT2D eigenvalue weighted by molar-refractivity contribution is 14.0. The van der Waals surface area contributed by atoms with Crippen molar-refractivity contribution in [1.29, 1.82) is 0 Å². The number of hydrogen-bond acceptors (Lipinski definition) is 3. The molecule has 2 N–H and O–H groups in total. The summed E-state index contributed by atoms with van der Waals surface area (Å²) >= 11 is 0. The van der Waals surface area contributed by atoms with E-state index in [0.29, 0.717) is 6.54 Å². The zero-order valence-corrected chi connectivity index (χ0v) is 19.5. The van der Waals surface area contributed by atoms with Gasteiger partial charge in [0.15, 0.2) is 5.96 Å². The van der Waals surface area contributed by atoms with E-state index in [0.717, 1.165) is 61.8 Å². The van der Waals surface area contributed by atoms with Crippen LogP contribution in [0.3, 0.4) is 0 Å². The number of piperazine rings is 1. The number of fused-ring (bicyclic) bond motifs is 1. The third-order valence-electron chi connectivity index (χ3n) is 5.26. The number of benzene rings is 1. The predicted molar refractivity (Wildman–Crippen MR) is 131 cm³/mol. The van der Waals surface area contributed by atoms with Crippen LogP contribution >= 0.6 is 24.0 Å². The van der Waals surface area contributed by atoms with E-state index in [-0.39, 0.29) is 29.8 Å². The average Bonchev–Trinajstić information content (AvgIpc) is 3.16. The summed E-state index contributed by atoms with van der Waals surface area (Å²) in [5.74, 6) is 1.77. The first-order valence-electron chi connectivity index (χ1n) is 10.2. The Morgan fingerprint density at radius 3 is 2.77 bits per heavy atom. The van der Waals surface area contributed by atoms with Gasteiger partial charge in [-0.2, -0.15) is 0 Å². The molecule has 3 aromatic rings. The van der Waals surface area contributed by atoms with Gasteiger partial charge in [-0.25, -0.2) is 9.37 Å². The van der Waals surface area contributed by atoms with Gasteiger partial charge in [-0.3, -0.25) is 4.99 Å². The first kappa shape index (κ1) is 22.3. The second-order valence-corrected chi connectivity index (χ2v) is 7.15. The number of nitrogens with zero attached hydrogens (tertiary/aromatic N) is 4. The van der Waals surface area contributed by atoms with Crippen LogP contribution in [-0.4, -0.2) is 60.1 Å². The molecule has 1 fully saturated rings. The third-order valence-corrected chi connectivity index (χ3v) is 5.26. The van der Waals surface area contributed by atoms with Crippen LogP contribution in [0.1, 0.15) is 12.5 Å². The molecule has 0 amide bonds. The van der Waals surface area contributed by atoms with Gasteiger partial charge in [-0.05, 0) is 49.2 Å². The lowest BCUT2D eigenvalue weighted by Crippen LogP contribution is -2.52. The van der Waals surface area contributed by atoms with E-state index in [4.69, 9.17) is 4.99 Å². The maximum atomic E-state index is 13.4. The quantitative estimate of drug-likeness (QED) is 0.305. The SMILES string of the molecule is CCNC(=NCCc1c[nH]c2cc(F)ccc12)N1CCN(c2ccccn2)CC1.I. The summed E-state index contributed by atoms with van der Waals surface area (Å²) in [4.78, 5) is 17.1. The molecule has 0 aliphatic carbocycles. The number of halogens is 2. The first-order chi connectivity index (χ1) is 14.2. The highest BCUT2D eigenvalue weighted by Crippen LogP contribution is 2.20. The Morgan fingerprint density at radius 1 is 1.20 bits per heavy atom. The number of aromatic amines is 1. The van der Waals surface area contributed by atoms with Gasteiger partial charge in [0.25, 0.3) is 0 Å². The monoisotopic (exact) mass is 522 g/mol. The van der Waals surface area contributed by atoms with E-state index in [2.05, 4.69) is 38.1 Å². The molecular weight excluding hydrogens is 494 g/mol. The van der Waals surface area contributed by atoms with Crippen LogP contribution in [0.15, 0.2) is 53.8 Å². The van der Waals surface area contributed by atoms with Crippen molar-refractivity contribution in [3.8, 4) is 0 Å². The number of pyridine rings is 1. The topological polar surface area (TPSA) is 59.6 Å². The zero-order chi connectivity index (χ0) is 20.1. The molecule has 6 nitrogen and oxygen atoms in total. The first-order valence-corrected chi connectivity index (χ1v) is 10.2. The summed E-state index contributed by atoms with van der Waals surface area (Å²) < 4.78 is 13.4. The van der Waals surface area contributed by atoms with Gasteiger partial charge in [0.1, 0.15) is 11.6 Å². The smallest absolute Gasteiger partial charge is 0.194 e. The number of nitrogens with one attached hydrogen (secondary N) is 2. The van der Waals surface area contributed by atoms with Crippen LogP contribution in [0, 0.1) is 5.82 Å². The van der Waals surface area contributed by atoms with E-state index in [9.17, 15) is 4.39 Å². The maximum absolute atomic E-state index is 13.4. The summed E-state index contributed by atoms with van der Waals surface area (Å²) in [6, 6.07) is 10.9. The molecule has 0 radical (unpaired) electrons. The summed E-state index contributed by atoms with van der Waals surface area (Å²) in [5.41, 5.74) is 2.00. The number of hydrogen-bond donors (Lipinski definition) is 2. The molecule has 2 aromatic heterocycles. The normalized spacial score (nSPS) is 14.7. The Bertz CT molecular complexity index is 966. The second-order valence-electron chi connectivity index (χ2n) is 7.15. The molecule has 0 spiro atoms. The van der Waals surface area contributed by atoms with Crippen LogP contribution in [0.4, 0.5) is 10.2 Å². The molecule has 8 heteroatoms. The fourth-order valence-electron chi connectivity index (χ4n) is 3.76. The Morgan fingerprint density at radius 2 is 2.03 bits per heavy atom. The van der Waals surface area contributed by atoms with Gasteiger partial charge in [0.2, 0.25) is 0 Å². The number of rotatable bonds is 5. The Kier molecular flexibility index (Phi) is 7.89. The van der Waals surface area contributed by atoms with Crippen molar-refractivity contribution in [2.45, 2.75) is 13.3 Å². The van der Waals surface area contributed by atoms with Crippen molar-refractivity contribution < 1.29 is 4.39 Å². The van der Waals surface area contributed by atoms with Gasteiger partial charge >= 0.3 is 0 Å². The highest BCUT2D eigenvalue weighted by Gasteiger charge is 2.20. The van der Waals surface area contributed by atoms with Crippen molar-refractivity contribution in [3.05, 3.63) is 60.2 Å². The van der Waals surface area contributed by atoms with Gasteiger partial charge in [-0.1, -0.05) is 6.07 Å².